The molecule has 2 nitrogen and oxygen atoms in total. The molecule has 0 fully saturated rings. The molecule has 1 atom stereocenters. The van der Waals surface area contributed by atoms with Crippen LogP contribution in [0.4, 0.5) is 0 Å². The number of nitrogens with two attached hydrogens (primary N) is 1. The molecule has 1 unspecified atom stereocenters. The average molecular weight is 187 g/mol. The fourth-order valence-electron chi connectivity index (χ4n) is 0.863. The van der Waals surface area contributed by atoms with Crippen molar-refractivity contribution in [2.45, 2.75) is 38.6 Å². The van der Waals surface area contributed by atoms with Gasteiger partial charge in [-0.2, -0.15) is 0 Å². The molecule has 0 aromatic heterocycles. The molecule has 0 saturated carbocycles. The predicted molar refractivity (Wildman–Crippen MR) is 56.9 cm³/mol. The van der Waals surface area contributed by atoms with E-state index in [1.807, 2.05) is 6.08 Å². The maximum Gasteiger partial charge on any atom is 0.105 e. The number of rotatable bonds is 7. The van der Waals surface area contributed by atoms with Crippen molar-refractivity contribution in [2.75, 3.05) is 6.23 Å². The normalized spacial score (nSPS) is 13.3. The van der Waals surface area contributed by atoms with Crippen LogP contribution in [-0.2, 0) is 4.74 Å². The summed E-state index contributed by atoms with van der Waals surface area (Å²) in [7, 11) is -0.590. The first-order valence-corrected chi connectivity index (χ1v) is 7.77. The summed E-state index contributed by atoms with van der Waals surface area (Å²) in [6.45, 7) is 8.18. The largest absolute Gasteiger partial charge is 0.367 e. The third kappa shape index (κ3) is 7.98. The third-order valence-corrected chi connectivity index (χ3v) is 2.40. The van der Waals surface area contributed by atoms with Crippen LogP contribution in [0.2, 0.25) is 13.1 Å². The van der Waals surface area contributed by atoms with E-state index in [1.165, 1.54) is 0 Å². The molecule has 0 radical (unpaired) electrons. The highest BCUT2D eigenvalue weighted by atomic mass is 28.3. The summed E-state index contributed by atoms with van der Waals surface area (Å²) in [5, 5.41) is 0. The molecule has 0 rings (SSSR count). The van der Waals surface area contributed by atoms with Gasteiger partial charge in [-0.15, -0.1) is 6.58 Å². The van der Waals surface area contributed by atoms with Crippen molar-refractivity contribution < 1.29 is 4.74 Å². The molecule has 0 saturated heterocycles. The van der Waals surface area contributed by atoms with Crippen LogP contribution < -0.4 is 5.73 Å². The standard InChI is InChI=1S/C9H21NOSi/c1-4-5-6-7-9(10)11-8-12(2)3/h4,9,12H,1,5-8,10H2,2-3H3. The Bertz CT molecular complexity index is 117. The van der Waals surface area contributed by atoms with E-state index >= 15 is 0 Å². The highest BCUT2D eigenvalue weighted by Gasteiger charge is 2.03. The molecule has 0 bridgehead atoms. The number of hydrogen-bond acceptors (Lipinski definition) is 2. The fraction of sp³-hybridized carbons (Fsp3) is 0.778. The lowest BCUT2D eigenvalue weighted by atomic mass is 10.2. The lowest BCUT2D eigenvalue weighted by Crippen LogP contribution is -2.27. The number of hydrogen-bond donors (Lipinski definition) is 1. The van der Waals surface area contributed by atoms with E-state index < -0.39 is 8.80 Å². The Morgan fingerprint density at radius 3 is 2.75 bits per heavy atom. The van der Waals surface area contributed by atoms with Gasteiger partial charge in [-0.25, -0.2) is 0 Å². The zero-order valence-electron chi connectivity index (χ0n) is 8.25. The first kappa shape index (κ1) is 11.9. The Labute approximate surface area is 77.4 Å². The van der Waals surface area contributed by atoms with Crippen LogP contribution in [0.15, 0.2) is 12.7 Å². The number of ether oxygens (including phenoxy) is 1. The van der Waals surface area contributed by atoms with Crippen molar-refractivity contribution in [1.82, 2.24) is 0 Å². The second-order valence-corrected chi connectivity index (χ2v) is 6.61. The van der Waals surface area contributed by atoms with Crippen LogP contribution in [0.3, 0.4) is 0 Å². The Balaban J connectivity index is 3.21. The molecule has 72 valence electrons. The molecular formula is C9H21NOSi. The minimum atomic E-state index is -0.590. The molecule has 0 amide bonds. The van der Waals surface area contributed by atoms with Crippen molar-refractivity contribution >= 4 is 8.80 Å². The molecule has 0 aliphatic rings. The molecule has 12 heavy (non-hydrogen) atoms. The summed E-state index contributed by atoms with van der Waals surface area (Å²) in [5.74, 6) is 0. The van der Waals surface area contributed by atoms with Gasteiger partial charge in [0, 0.05) is 6.23 Å². The van der Waals surface area contributed by atoms with E-state index in [2.05, 4.69) is 19.7 Å². The quantitative estimate of drug-likeness (QED) is 0.285. The summed E-state index contributed by atoms with van der Waals surface area (Å²) in [5.41, 5.74) is 5.73. The van der Waals surface area contributed by atoms with Crippen LogP contribution in [0, 0.1) is 0 Å². The van der Waals surface area contributed by atoms with Crippen LogP contribution in [-0.4, -0.2) is 21.3 Å². The van der Waals surface area contributed by atoms with Crippen LogP contribution in [0.25, 0.3) is 0 Å². The van der Waals surface area contributed by atoms with Crippen LogP contribution in [0.5, 0.6) is 0 Å². The summed E-state index contributed by atoms with van der Waals surface area (Å²) in [6, 6.07) is 0. The van der Waals surface area contributed by atoms with E-state index in [0.717, 1.165) is 25.5 Å². The first-order valence-electron chi connectivity index (χ1n) is 4.65. The number of unbranched alkanes of at least 4 members (excludes halogenated alkanes) is 1. The van der Waals surface area contributed by atoms with Gasteiger partial charge in [0.05, 0.1) is 8.80 Å². The second kappa shape index (κ2) is 7.52. The van der Waals surface area contributed by atoms with Crippen molar-refractivity contribution in [1.29, 1.82) is 0 Å². The minimum absolute atomic E-state index is 0.0557. The van der Waals surface area contributed by atoms with Gasteiger partial charge < -0.3 is 10.5 Å². The number of allylic oxidation sites excluding steroid dienone is 1. The maximum atomic E-state index is 5.73. The van der Waals surface area contributed by atoms with Crippen molar-refractivity contribution in [3.05, 3.63) is 12.7 Å². The van der Waals surface area contributed by atoms with Crippen molar-refractivity contribution in [3.63, 3.8) is 0 Å². The lowest BCUT2D eigenvalue weighted by molar-refractivity contribution is 0.0814. The molecule has 0 aliphatic carbocycles. The summed E-state index contributed by atoms with van der Waals surface area (Å²) < 4.78 is 5.46. The predicted octanol–water partition coefficient (Wildman–Crippen LogP) is 1.67. The summed E-state index contributed by atoms with van der Waals surface area (Å²) >= 11 is 0. The molecule has 0 aromatic rings. The second-order valence-electron chi connectivity index (χ2n) is 3.49. The maximum absolute atomic E-state index is 5.73. The van der Waals surface area contributed by atoms with Gasteiger partial charge in [-0.05, 0) is 19.3 Å². The van der Waals surface area contributed by atoms with E-state index in [-0.39, 0.29) is 6.23 Å². The van der Waals surface area contributed by atoms with E-state index in [0.29, 0.717) is 0 Å². The van der Waals surface area contributed by atoms with E-state index in [1.54, 1.807) is 0 Å². The zero-order valence-corrected chi connectivity index (χ0v) is 9.41. The topological polar surface area (TPSA) is 35.2 Å². The van der Waals surface area contributed by atoms with Gasteiger partial charge in [0.25, 0.3) is 0 Å². The molecule has 0 aromatic carbocycles. The highest BCUT2D eigenvalue weighted by molar-refractivity contribution is 6.55. The first-order chi connectivity index (χ1) is 5.66. The van der Waals surface area contributed by atoms with Crippen molar-refractivity contribution in [3.8, 4) is 0 Å². The van der Waals surface area contributed by atoms with E-state index in [9.17, 15) is 0 Å². The van der Waals surface area contributed by atoms with Gasteiger partial charge in [0.15, 0.2) is 0 Å². The summed E-state index contributed by atoms with van der Waals surface area (Å²) in [4.78, 5) is 0. The monoisotopic (exact) mass is 187 g/mol. The lowest BCUT2D eigenvalue weighted by Gasteiger charge is -2.13. The molecule has 2 N–H and O–H groups in total. The van der Waals surface area contributed by atoms with Crippen LogP contribution in [0.1, 0.15) is 19.3 Å². The van der Waals surface area contributed by atoms with Gasteiger partial charge >= 0.3 is 0 Å². The molecule has 3 heteroatoms. The van der Waals surface area contributed by atoms with Gasteiger partial charge in [-0.3, -0.25) is 0 Å². The minimum Gasteiger partial charge on any atom is -0.367 e. The van der Waals surface area contributed by atoms with E-state index in [4.69, 9.17) is 10.5 Å². The smallest absolute Gasteiger partial charge is 0.105 e. The highest BCUT2D eigenvalue weighted by Crippen LogP contribution is 2.00. The van der Waals surface area contributed by atoms with Gasteiger partial charge in [0.1, 0.15) is 6.23 Å². The zero-order chi connectivity index (χ0) is 9.40. The fourth-order valence-corrected chi connectivity index (χ4v) is 1.49. The third-order valence-electron chi connectivity index (χ3n) is 1.54. The van der Waals surface area contributed by atoms with Gasteiger partial charge in [0.2, 0.25) is 0 Å². The Hall–Kier alpha value is -0.123. The molecule has 0 heterocycles. The SMILES string of the molecule is C=CCCCC(N)OC[SiH](C)C. The summed E-state index contributed by atoms with van der Waals surface area (Å²) in [6.07, 6.45) is 5.84. The molecular weight excluding hydrogens is 166 g/mol. The Kier molecular flexibility index (Phi) is 7.44. The Morgan fingerprint density at radius 2 is 2.25 bits per heavy atom. The van der Waals surface area contributed by atoms with Crippen molar-refractivity contribution in [2.24, 2.45) is 5.73 Å². The Morgan fingerprint density at radius 1 is 1.58 bits per heavy atom. The average Bonchev–Trinajstić information content (AvgIpc) is 2.01. The molecule has 0 aliphatic heterocycles. The van der Waals surface area contributed by atoms with Gasteiger partial charge in [-0.1, -0.05) is 19.2 Å². The molecule has 0 spiro atoms. The van der Waals surface area contributed by atoms with Crippen LogP contribution >= 0.6 is 0 Å².